The van der Waals surface area contributed by atoms with Gasteiger partial charge in [-0.25, -0.2) is 9.97 Å². The van der Waals surface area contributed by atoms with E-state index in [-0.39, 0.29) is 0 Å². The highest BCUT2D eigenvalue weighted by Gasteiger charge is 2.24. The third-order valence-electron chi connectivity index (χ3n) is 7.85. The highest BCUT2D eigenvalue weighted by atomic mass is 32.2. The molecule has 5 rings (SSSR count). The van der Waals surface area contributed by atoms with E-state index in [1.54, 1.807) is 13.4 Å². The van der Waals surface area contributed by atoms with Crippen LogP contribution in [0.4, 0.5) is 5.82 Å². The average molecular weight is 560 g/mol. The summed E-state index contributed by atoms with van der Waals surface area (Å²) >= 11 is 7.62. The summed E-state index contributed by atoms with van der Waals surface area (Å²) in [5.74, 6) is 4.25. The topological polar surface area (TPSA) is 63.2 Å². The second kappa shape index (κ2) is 14.0. The number of fused-ring (bicyclic) bond motifs is 1. The van der Waals surface area contributed by atoms with Gasteiger partial charge in [0.2, 0.25) is 0 Å². The number of hydrogen-bond acceptors (Lipinski definition) is 9. The van der Waals surface area contributed by atoms with E-state index >= 15 is 0 Å². The number of piperidine rings is 1. The predicted molar refractivity (Wildman–Crippen MR) is 159 cm³/mol. The molecule has 4 heterocycles. The van der Waals surface area contributed by atoms with Crippen LogP contribution in [0.5, 0.6) is 11.5 Å². The van der Waals surface area contributed by atoms with Crippen molar-refractivity contribution >= 4 is 45.0 Å². The number of nitrogens with zero attached hydrogens (tertiary/aromatic N) is 5. The second-order valence-corrected chi connectivity index (χ2v) is 12.1. The van der Waals surface area contributed by atoms with Crippen LogP contribution >= 0.6 is 24.0 Å². The van der Waals surface area contributed by atoms with E-state index in [2.05, 4.69) is 24.7 Å². The summed E-state index contributed by atoms with van der Waals surface area (Å²) in [7, 11) is 1.70. The SMILES string of the molecule is COc1cc2c(N3CCN(C(=S)SCC4CCOCC4)CC3)ncnc2cc1OCCCN1CCCCC1. The normalized spacial score (nSPS) is 19.6. The van der Waals surface area contributed by atoms with Crippen LogP contribution in [0.3, 0.4) is 0 Å². The Labute approximate surface area is 236 Å². The number of anilines is 1. The summed E-state index contributed by atoms with van der Waals surface area (Å²) in [6, 6.07) is 4.03. The molecule has 10 heteroatoms. The van der Waals surface area contributed by atoms with Crippen molar-refractivity contribution in [1.82, 2.24) is 19.8 Å². The summed E-state index contributed by atoms with van der Waals surface area (Å²) in [6.45, 7) is 9.53. The first kappa shape index (κ1) is 27.7. The van der Waals surface area contributed by atoms with Gasteiger partial charge in [-0.05, 0) is 57.2 Å². The molecule has 2 aromatic rings. The number of hydrogen-bond donors (Lipinski definition) is 0. The molecule has 38 heavy (non-hydrogen) atoms. The molecule has 0 atom stereocenters. The minimum absolute atomic E-state index is 0.671. The van der Waals surface area contributed by atoms with E-state index in [9.17, 15) is 0 Å². The van der Waals surface area contributed by atoms with Crippen LogP contribution in [0.2, 0.25) is 0 Å². The number of piperazine rings is 1. The molecule has 3 aliphatic rings. The minimum Gasteiger partial charge on any atom is -0.493 e. The molecule has 3 fully saturated rings. The highest BCUT2D eigenvalue weighted by Crippen LogP contribution is 2.35. The summed E-state index contributed by atoms with van der Waals surface area (Å²) in [5.41, 5.74) is 0.881. The number of likely N-dealkylation sites (tertiary alicyclic amines) is 1. The molecule has 0 saturated carbocycles. The highest BCUT2D eigenvalue weighted by molar-refractivity contribution is 8.22. The molecule has 0 radical (unpaired) electrons. The molecule has 1 aromatic carbocycles. The van der Waals surface area contributed by atoms with Crippen molar-refractivity contribution in [3.05, 3.63) is 18.5 Å². The van der Waals surface area contributed by atoms with Crippen molar-refractivity contribution in [2.45, 2.75) is 38.5 Å². The second-order valence-electron chi connectivity index (χ2n) is 10.4. The lowest BCUT2D eigenvalue weighted by Crippen LogP contribution is -2.48. The van der Waals surface area contributed by atoms with Crippen LogP contribution < -0.4 is 14.4 Å². The van der Waals surface area contributed by atoms with Gasteiger partial charge in [0.05, 0.1) is 19.2 Å². The Morgan fingerprint density at radius 3 is 2.58 bits per heavy atom. The van der Waals surface area contributed by atoms with Crippen molar-refractivity contribution in [2.75, 3.05) is 83.4 Å². The van der Waals surface area contributed by atoms with Crippen molar-refractivity contribution in [2.24, 2.45) is 5.92 Å². The van der Waals surface area contributed by atoms with Crippen molar-refractivity contribution < 1.29 is 14.2 Å². The maximum absolute atomic E-state index is 6.16. The Morgan fingerprint density at radius 1 is 1.03 bits per heavy atom. The molecule has 3 aliphatic heterocycles. The lowest BCUT2D eigenvalue weighted by atomic mass is 10.0. The van der Waals surface area contributed by atoms with Gasteiger partial charge in [-0.2, -0.15) is 0 Å². The van der Waals surface area contributed by atoms with Gasteiger partial charge in [-0.3, -0.25) is 0 Å². The van der Waals surface area contributed by atoms with E-state index in [0.29, 0.717) is 6.61 Å². The molecule has 0 aliphatic carbocycles. The summed E-state index contributed by atoms with van der Waals surface area (Å²) < 4.78 is 18.4. The zero-order valence-corrected chi connectivity index (χ0v) is 24.2. The minimum atomic E-state index is 0.671. The van der Waals surface area contributed by atoms with Gasteiger partial charge in [-0.15, -0.1) is 0 Å². The molecule has 0 spiro atoms. The number of thioether (sulfide) groups is 1. The van der Waals surface area contributed by atoms with Crippen LogP contribution in [0.15, 0.2) is 18.5 Å². The third-order valence-corrected chi connectivity index (χ3v) is 9.60. The van der Waals surface area contributed by atoms with Gasteiger partial charge in [0.25, 0.3) is 0 Å². The van der Waals surface area contributed by atoms with Crippen LogP contribution in [-0.4, -0.2) is 103 Å². The first-order valence-electron chi connectivity index (χ1n) is 14.1. The van der Waals surface area contributed by atoms with Gasteiger partial charge in [0.15, 0.2) is 11.5 Å². The predicted octanol–water partition coefficient (Wildman–Crippen LogP) is 4.46. The fourth-order valence-electron chi connectivity index (χ4n) is 5.52. The van der Waals surface area contributed by atoms with E-state index in [0.717, 1.165) is 109 Å². The smallest absolute Gasteiger partial charge is 0.163 e. The van der Waals surface area contributed by atoms with Gasteiger partial charge >= 0.3 is 0 Å². The number of ether oxygens (including phenoxy) is 3. The van der Waals surface area contributed by atoms with Crippen LogP contribution in [0.25, 0.3) is 10.9 Å². The molecule has 0 bridgehead atoms. The summed E-state index contributed by atoms with van der Waals surface area (Å²) in [5, 5.41) is 0.995. The number of methoxy groups -OCH3 is 1. The Bertz CT molecular complexity index is 1050. The number of aromatic nitrogens is 2. The number of rotatable bonds is 9. The summed E-state index contributed by atoms with van der Waals surface area (Å²) in [6.07, 6.45) is 8.97. The molecule has 8 nitrogen and oxygen atoms in total. The van der Waals surface area contributed by atoms with Crippen LogP contribution in [0.1, 0.15) is 38.5 Å². The van der Waals surface area contributed by atoms with Crippen molar-refractivity contribution in [3.63, 3.8) is 0 Å². The molecular formula is C28H41N5O3S2. The largest absolute Gasteiger partial charge is 0.493 e. The number of benzene rings is 1. The fourth-order valence-corrected chi connectivity index (χ4v) is 6.99. The van der Waals surface area contributed by atoms with Gasteiger partial charge < -0.3 is 28.9 Å². The molecule has 0 amide bonds. The van der Waals surface area contributed by atoms with Crippen LogP contribution in [-0.2, 0) is 4.74 Å². The maximum Gasteiger partial charge on any atom is 0.163 e. The van der Waals surface area contributed by atoms with Gasteiger partial charge in [-0.1, -0.05) is 30.4 Å². The van der Waals surface area contributed by atoms with E-state index < -0.39 is 0 Å². The molecule has 3 saturated heterocycles. The molecular weight excluding hydrogens is 518 g/mol. The molecule has 0 N–H and O–H groups in total. The van der Waals surface area contributed by atoms with Gasteiger partial charge in [0, 0.05) is 63.1 Å². The Hall–Kier alpha value is -1.88. The lowest BCUT2D eigenvalue weighted by Gasteiger charge is -2.37. The number of thiocarbonyl (C=S) groups is 1. The Balaban J connectivity index is 1.16. The zero-order valence-electron chi connectivity index (χ0n) is 22.6. The third kappa shape index (κ3) is 7.20. The Kier molecular flexibility index (Phi) is 10.2. The van der Waals surface area contributed by atoms with Crippen LogP contribution in [0, 0.1) is 5.92 Å². The van der Waals surface area contributed by atoms with E-state index in [1.165, 1.54) is 32.4 Å². The maximum atomic E-state index is 6.16. The van der Waals surface area contributed by atoms with Crippen molar-refractivity contribution in [3.8, 4) is 11.5 Å². The quantitative estimate of drug-likeness (QED) is 0.325. The average Bonchev–Trinajstić information content (AvgIpc) is 2.98. The first-order chi connectivity index (χ1) is 18.7. The fraction of sp³-hybridized carbons (Fsp3) is 0.679. The van der Waals surface area contributed by atoms with E-state index in [1.807, 2.05) is 23.9 Å². The molecule has 1 aromatic heterocycles. The van der Waals surface area contributed by atoms with Crippen molar-refractivity contribution in [1.29, 1.82) is 0 Å². The van der Waals surface area contributed by atoms with Gasteiger partial charge in [0.1, 0.15) is 16.5 Å². The van der Waals surface area contributed by atoms with E-state index in [4.69, 9.17) is 26.4 Å². The lowest BCUT2D eigenvalue weighted by molar-refractivity contribution is 0.0728. The summed E-state index contributed by atoms with van der Waals surface area (Å²) in [4.78, 5) is 16.5. The zero-order chi connectivity index (χ0) is 26.2. The standard InChI is InChI=1S/C28H41N5O3S2/c1-34-25-18-23-24(19-26(25)36-15-5-10-31-8-3-2-4-9-31)29-21-30-27(23)32-11-13-33(14-12-32)28(37)38-20-22-6-16-35-17-7-22/h18-19,21-22H,2-17,20H2,1H3. The molecule has 208 valence electrons. The first-order valence-corrected chi connectivity index (χ1v) is 15.5. The monoisotopic (exact) mass is 559 g/mol. The Morgan fingerprint density at radius 2 is 1.82 bits per heavy atom. The molecule has 0 unspecified atom stereocenters.